The van der Waals surface area contributed by atoms with Crippen LogP contribution in [0.3, 0.4) is 0 Å². The van der Waals surface area contributed by atoms with Crippen molar-refractivity contribution in [2.75, 3.05) is 6.61 Å². The van der Waals surface area contributed by atoms with Crippen molar-refractivity contribution in [3.8, 4) is 0 Å². The fourth-order valence-corrected chi connectivity index (χ4v) is 0.586. The number of aromatic carboxylic acids is 1. The standard InChI is InChI=1S/C6H8N2O4.Li/c1-2-11-3-4-7-5(6(9)10)8-12-4;/h2-3H2,1H3,(H,9,10);/q;+1/p-1. The van der Waals surface area contributed by atoms with Gasteiger partial charge in [0.25, 0.3) is 5.89 Å². The number of carbonyl (C=O) groups excluding carboxylic acids is 1. The predicted octanol–water partition coefficient (Wildman–Crippen LogP) is -4.03. The Labute approximate surface area is 86.4 Å². The number of rotatable bonds is 4. The van der Waals surface area contributed by atoms with Crippen molar-refractivity contribution in [3.63, 3.8) is 0 Å². The Morgan fingerprint density at radius 3 is 2.85 bits per heavy atom. The van der Waals surface area contributed by atoms with E-state index in [9.17, 15) is 9.90 Å². The van der Waals surface area contributed by atoms with Crippen molar-refractivity contribution in [2.45, 2.75) is 13.5 Å². The van der Waals surface area contributed by atoms with Gasteiger partial charge in [0.15, 0.2) is 0 Å². The van der Waals surface area contributed by atoms with Crippen LogP contribution in [0.2, 0.25) is 0 Å². The molecular weight excluding hydrogens is 171 g/mol. The molecule has 0 N–H and O–H groups in total. The molecule has 0 amide bonds. The Bertz CT molecular complexity index is 275. The third-order valence-electron chi connectivity index (χ3n) is 1.08. The molecule has 0 aliphatic carbocycles. The first-order valence-corrected chi connectivity index (χ1v) is 3.35. The van der Waals surface area contributed by atoms with Gasteiger partial charge < -0.3 is 19.2 Å². The first-order chi connectivity index (χ1) is 5.74. The third-order valence-corrected chi connectivity index (χ3v) is 1.08. The zero-order valence-corrected chi connectivity index (χ0v) is 7.44. The van der Waals surface area contributed by atoms with Crippen LogP contribution in [-0.2, 0) is 11.3 Å². The smallest absolute Gasteiger partial charge is 0.541 e. The predicted molar refractivity (Wildman–Crippen MR) is 34.0 cm³/mol. The minimum absolute atomic E-state index is 0. The van der Waals surface area contributed by atoms with Gasteiger partial charge in [-0.25, -0.2) is 0 Å². The molecule has 0 aromatic carbocycles. The molecule has 1 heterocycles. The van der Waals surface area contributed by atoms with E-state index in [1.807, 2.05) is 0 Å². The van der Waals surface area contributed by atoms with Crippen LogP contribution in [-0.4, -0.2) is 22.7 Å². The minimum atomic E-state index is -1.46. The van der Waals surface area contributed by atoms with Crippen LogP contribution in [0, 0.1) is 0 Å². The van der Waals surface area contributed by atoms with Crippen LogP contribution in [0.25, 0.3) is 0 Å². The van der Waals surface area contributed by atoms with Gasteiger partial charge in [-0.05, 0) is 6.92 Å². The van der Waals surface area contributed by atoms with Crippen molar-refractivity contribution in [1.29, 1.82) is 0 Å². The number of ether oxygens (including phenoxy) is 1. The van der Waals surface area contributed by atoms with Gasteiger partial charge in [-0.2, -0.15) is 4.98 Å². The topological polar surface area (TPSA) is 88.3 Å². The number of carboxylic acids is 1. The Morgan fingerprint density at radius 1 is 1.69 bits per heavy atom. The molecular formula is C6H7LiN2O4. The number of carboxylic acid groups (broad SMARTS) is 1. The number of carbonyl (C=O) groups is 1. The van der Waals surface area contributed by atoms with Gasteiger partial charge in [0.05, 0.1) is 0 Å². The van der Waals surface area contributed by atoms with E-state index < -0.39 is 11.8 Å². The Balaban J connectivity index is 0.00000144. The summed E-state index contributed by atoms with van der Waals surface area (Å²) in [5.41, 5.74) is 0. The van der Waals surface area contributed by atoms with E-state index in [4.69, 9.17) is 4.74 Å². The average molecular weight is 178 g/mol. The molecule has 6 nitrogen and oxygen atoms in total. The molecule has 66 valence electrons. The van der Waals surface area contributed by atoms with Gasteiger partial charge in [0, 0.05) is 6.61 Å². The molecule has 0 radical (unpaired) electrons. The summed E-state index contributed by atoms with van der Waals surface area (Å²) >= 11 is 0. The number of nitrogens with zero attached hydrogens (tertiary/aromatic N) is 2. The second-order valence-corrected chi connectivity index (χ2v) is 1.94. The maximum atomic E-state index is 10.2. The van der Waals surface area contributed by atoms with Gasteiger partial charge >= 0.3 is 18.9 Å². The molecule has 0 spiro atoms. The SMILES string of the molecule is CCOCc1nc(C(=O)[O-])no1.[Li+]. The second kappa shape index (κ2) is 5.75. The zero-order valence-electron chi connectivity index (χ0n) is 7.44. The molecule has 0 bridgehead atoms. The van der Waals surface area contributed by atoms with Crippen molar-refractivity contribution in [2.24, 2.45) is 0 Å². The third kappa shape index (κ3) is 3.59. The van der Waals surface area contributed by atoms with Gasteiger partial charge in [-0.1, -0.05) is 5.16 Å². The Morgan fingerprint density at radius 2 is 2.38 bits per heavy atom. The molecule has 0 saturated heterocycles. The summed E-state index contributed by atoms with van der Waals surface area (Å²) in [5.74, 6) is -1.78. The molecule has 1 rings (SSSR count). The normalized spacial score (nSPS) is 9.31. The fraction of sp³-hybridized carbons (Fsp3) is 0.500. The summed E-state index contributed by atoms with van der Waals surface area (Å²) in [6.45, 7) is 2.43. The van der Waals surface area contributed by atoms with E-state index in [1.165, 1.54) is 0 Å². The number of aromatic nitrogens is 2. The van der Waals surface area contributed by atoms with E-state index >= 15 is 0 Å². The van der Waals surface area contributed by atoms with Crippen LogP contribution in [0.4, 0.5) is 0 Å². The van der Waals surface area contributed by atoms with Gasteiger partial charge in [0.1, 0.15) is 12.6 Å². The quantitative estimate of drug-likeness (QED) is 0.436. The van der Waals surface area contributed by atoms with Crippen molar-refractivity contribution < 1.29 is 38.0 Å². The number of hydrogen-bond donors (Lipinski definition) is 0. The molecule has 0 saturated carbocycles. The molecule has 7 heteroatoms. The van der Waals surface area contributed by atoms with E-state index in [0.29, 0.717) is 6.61 Å². The molecule has 0 unspecified atom stereocenters. The molecule has 0 atom stereocenters. The maximum Gasteiger partial charge on any atom is 1.00 e. The summed E-state index contributed by atoms with van der Waals surface area (Å²) in [6.07, 6.45) is 0. The summed E-state index contributed by atoms with van der Waals surface area (Å²) in [5, 5.41) is 13.3. The monoisotopic (exact) mass is 178 g/mol. The summed E-state index contributed by atoms with van der Waals surface area (Å²) in [7, 11) is 0. The van der Waals surface area contributed by atoms with Gasteiger partial charge in [0.2, 0.25) is 5.82 Å². The van der Waals surface area contributed by atoms with Crippen LogP contribution < -0.4 is 24.0 Å². The Hall–Kier alpha value is -0.833. The average Bonchev–Trinajstić information content (AvgIpc) is 2.48. The largest absolute Gasteiger partial charge is 1.00 e. The van der Waals surface area contributed by atoms with E-state index in [0.717, 1.165) is 0 Å². The molecule has 0 fully saturated rings. The number of hydrogen-bond acceptors (Lipinski definition) is 6. The van der Waals surface area contributed by atoms with Crippen LogP contribution in [0.15, 0.2) is 4.52 Å². The molecule has 1 aromatic rings. The van der Waals surface area contributed by atoms with Crippen LogP contribution in [0.1, 0.15) is 23.4 Å². The van der Waals surface area contributed by atoms with Crippen LogP contribution in [0.5, 0.6) is 0 Å². The maximum absolute atomic E-state index is 10.2. The first kappa shape index (κ1) is 12.2. The summed E-state index contributed by atoms with van der Waals surface area (Å²) < 4.78 is 9.42. The van der Waals surface area contributed by atoms with Gasteiger partial charge in [-0.3, -0.25) is 0 Å². The van der Waals surface area contributed by atoms with Crippen molar-refractivity contribution >= 4 is 5.97 Å². The fourth-order valence-electron chi connectivity index (χ4n) is 0.586. The Kier molecular flexibility index (Phi) is 5.38. The van der Waals surface area contributed by atoms with Gasteiger partial charge in [-0.15, -0.1) is 0 Å². The second-order valence-electron chi connectivity index (χ2n) is 1.94. The first-order valence-electron chi connectivity index (χ1n) is 3.35. The zero-order chi connectivity index (χ0) is 8.97. The molecule has 1 aromatic heterocycles. The van der Waals surface area contributed by atoms with Crippen LogP contribution >= 0.6 is 0 Å². The summed E-state index contributed by atoms with van der Waals surface area (Å²) in [4.78, 5) is 13.6. The molecule has 13 heavy (non-hydrogen) atoms. The van der Waals surface area contributed by atoms with E-state index in [1.54, 1.807) is 6.92 Å². The van der Waals surface area contributed by atoms with Crippen molar-refractivity contribution in [3.05, 3.63) is 11.7 Å². The van der Waals surface area contributed by atoms with E-state index in [2.05, 4.69) is 14.7 Å². The van der Waals surface area contributed by atoms with E-state index in [-0.39, 0.29) is 31.4 Å². The minimum Gasteiger partial charge on any atom is -0.541 e. The van der Waals surface area contributed by atoms with Crippen molar-refractivity contribution in [1.82, 2.24) is 10.1 Å². The molecule has 0 aliphatic heterocycles. The molecule has 0 aliphatic rings. The summed E-state index contributed by atoms with van der Waals surface area (Å²) in [6, 6.07) is 0.